The fraction of sp³-hybridized carbons (Fsp3) is 0.409. The smallest absolute Gasteiger partial charge is 0.233 e. The van der Waals surface area contributed by atoms with Crippen molar-refractivity contribution in [1.82, 2.24) is 19.9 Å². The molecule has 5 rings (SSSR count). The van der Waals surface area contributed by atoms with Crippen LogP contribution in [0.2, 0.25) is 0 Å². The highest BCUT2D eigenvalue weighted by Crippen LogP contribution is 2.39. The molecule has 0 amide bonds. The molecule has 2 saturated carbocycles. The minimum absolute atomic E-state index is 0.308. The summed E-state index contributed by atoms with van der Waals surface area (Å²) < 4.78 is 0. The Kier molecular flexibility index (Phi) is 5.52. The highest BCUT2D eigenvalue weighted by Gasteiger charge is 2.29. The quantitative estimate of drug-likeness (QED) is 0.494. The summed E-state index contributed by atoms with van der Waals surface area (Å²) >= 11 is 3.15. The van der Waals surface area contributed by atoms with Crippen molar-refractivity contribution in [3.63, 3.8) is 0 Å². The van der Waals surface area contributed by atoms with Crippen LogP contribution in [-0.2, 0) is 17.6 Å². The molecule has 30 heavy (non-hydrogen) atoms. The highest BCUT2D eigenvalue weighted by molar-refractivity contribution is 7.99. The molecule has 0 bridgehead atoms. The van der Waals surface area contributed by atoms with E-state index in [0.717, 1.165) is 53.5 Å². The second-order valence-electron chi connectivity index (χ2n) is 7.85. The van der Waals surface area contributed by atoms with Crippen LogP contribution in [0, 0.1) is 5.92 Å². The maximum Gasteiger partial charge on any atom is 0.233 e. The maximum atomic E-state index is 12.0. The standard InChI is InChI=1S/C22H23N5OS2/c1-2-16-12-23-21(29-16)26-20-24-19(15-7-8-15)25-22(27-20)30-17-9-3-13(4-10-17)11-18(28)14-5-6-14/h3-4,9-10,12,14-15H,2,5-8,11H2,1H3,(H,23,24,25,26,27). The first-order valence-corrected chi connectivity index (χ1v) is 12.1. The van der Waals surface area contributed by atoms with Gasteiger partial charge in [0.1, 0.15) is 11.6 Å². The molecule has 0 aliphatic heterocycles. The second kappa shape index (κ2) is 8.43. The van der Waals surface area contributed by atoms with E-state index in [1.807, 2.05) is 30.5 Å². The zero-order chi connectivity index (χ0) is 20.5. The van der Waals surface area contributed by atoms with Crippen molar-refractivity contribution in [2.75, 3.05) is 5.32 Å². The van der Waals surface area contributed by atoms with Gasteiger partial charge in [0.15, 0.2) is 10.3 Å². The molecule has 0 spiro atoms. The van der Waals surface area contributed by atoms with Crippen LogP contribution in [0.1, 0.15) is 54.8 Å². The molecule has 154 valence electrons. The van der Waals surface area contributed by atoms with Gasteiger partial charge in [-0.05, 0) is 61.6 Å². The number of carbonyl (C=O) groups excluding carboxylic acids is 1. The Hall–Kier alpha value is -2.32. The number of benzene rings is 1. The summed E-state index contributed by atoms with van der Waals surface area (Å²) in [6.07, 6.45) is 7.78. The summed E-state index contributed by atoms with van der Waals surface area (Å²) in [4.78, 5) is 32.6. The number of aromatic nitrogens is 4. The lowest BCUT2D eigenvalue weighted by molar-refractivity contribution is -0.119. The topological polar surface area (TPSA) is 80.7 Å². The van der Waals surface area contributed by atoms with Gasteiger partial charge < -0.3 is 0 Å². The summed E-state index contributed by atoms with van der Waals surface area (Å²) in [5.74, 6) is 2.52. The van der Waals surface area contributed by atoms with Gasteiger partial charge >= 0.3 is 0 Å². The van der Waals surface area contributed by atoms with Crippen LogP contribution >= 0.6 is 23.1 Å². The predicted molar refractivity (Wildman–Crippen MR) is 119 cm³/mol. The number of nitrogens with zero attached hydrogens (tertiary/aromatic N) is 4. The minimum Gasteiger partial charge on any atom is -0.300 e. The van der Waals surface area contributed by atoms with E-state index in [1.165, 1.54) is 16.6 Å². The van der Waals surface area contributed by atoms with Gasteiger partial charge in [-0.15, -0.1) is 11.3 Å². The molecule has 2 heterocycles. The second-order valence-corrected chi connectivity index (χ2v) is 10.0. The average Bonchev–Trinajstić information content (AvgIpc) is 3.66. The number of aryl methyl sites for hydroxylation is 1. The molecule has 8 heteroatoms. The fourth-order valence-electron chi connectivity index (χ4n) is 3.15. The lowest BCUT2D eigenvalue weighted by Gasteiger charge is -2.07. The van der Waals surface area contributed by atoms with Crippen molar-refractivity contribution in [3.05, 3.63) is 46.7 Å². The monoisotopic (exact) mass is 437 g/mol. The van der Waals surface area contributed by atoms with Crippen molar-refractivity contribution in [3.8, 4) is 0 Å². The molecule has 2 aliphatic carbocycles. The summed E-state index contributed by atoms with van der Waals surface area (Å²) in [6, 6.07) is 8.16. The van der Waals surface area contributed by atoms with E-state index in [0.29, 0.717) is 35.1 Å². The number of Topliss-reactive ketones (excluding diaryl/α,β-unsaturated/α-hetero) is 1. The summed E-state index contributed by atoms with van der Waals surface area (Å²) in [6.45, 7) is 2.12. The molecule has 6 nitrogen and oxygen atoms in total. The molecule has 0 saturated heterocycles. The first-order chi connectivity index (χ1) is 14.7. The van der Waals surface area contributed by atoms with E-state index in [1.54, 1.807) is 11.3 Å². The number of nitrogens with one attached hydrogen (secondary N) is 1. The molecule has 0 unspecified atom stereocenters. The third kappa shape index (κ3) is 4.87. The van der Waals surface area contributed by atoms with E-state index >= 15 is 0 Å². The van der Waals surface area contributed by atoms with Crippen LogP contribution in [0.4, 0.5) is 11.1 Å². The SMILES string of the molecule is CCc1cnc(Nc2nc(Sc3ccc(CC(=O)C4CC4)cc3)nc(C3CC3)n2)s1. The Morgan fingerprint density at radius 2 is 1.93 bits per heavy atom. The fourth-order valence-corrected chi connectivity index (χ4v) is 4.65. The van der Waals surface area contributed by atoms with E-state index in [4.69, 9.17) is 0 Å². The first-order valence-electron chi connectivity index (χ1n) is 10.4. The van der Waals surface area contributed by atoms with E-state index in [-0.39, 0.29) is 0 Å². The third-order valence-corrected chi connectivity index (χ3v) is 7.17. The van der Waals surface area contributed by atoms with Crippen molar-refractivity contribution in [2.45, 2.75) is 61.4 Å². The molecular formula is C22H23N5OS2. The predicted octanol–water partition coefficient (Wildman–Crippen LogP) is 5.18. The lowest BCUT2D eigenvalue weighted by atomic mass is 10.1. The average molecular weight is 438 g/mol. The number of carbonyl (C=O) groups is 1. The van der Waals surface area contributed by atoms with Crippen molar-refractivity contribution >= 4 is 40.0 Å². The summed E-state index contributed by atoms with van der Waals surface area (Å²) in [7, 11) is 0. The molecule has 2 fully saturated rings. The zero-order valence-corrected chi connectivity index (χ0v) is 18.4. The number of ketones is 1. The van der Waals surface area contributed by atoms with Gasteiger partial charge in [0.05, 0.1) is 0 Å². The molecule has 2 aromatic heterocycles. The van der Waals surface area contributed by atoms with Gasteiger partial charge in [0, 0.05) is 34.2 Å². The van der Waals surface area contributed by atoms with E-state index < -0.39 is 0 Å². The van der Waals surface area contributed by atoms with E-state index in [9.17, 15) is 4.79 Å². The molecule has 2 aliphatic rings. The molecular weight excluding hydrogens is 414 g/mol. The highest BCUT2D eigenvalue weighted by atomic mass is 32.2. The van der Waals surface area contributed by atoms with Crippen LogP contribution in [0.3, 0.4) is 0 Å². The molecule has 0 atom stereocenters. The molecule has 1 aromatic carbocycles. The Labute approximate surface area is 184 Å². The van der Waals surface area contributed by atoms with Crippen LogP contribution in [0.15, 0.2) is 40.5 Å². The van der Waals surface area contributed by atoms with E-state index in [2.05, 4.69) is 32.2 Å². The van der Waals surface area contributed by atoms with Crippen molar-refractivity contribution in [1.29, 1.82) is 0 Å². The Morgan fingerprint density at radius 3 is 2.60 bits per heavy atom. The number of hydrogen-bond donors (Lipinski definition) is 1. The summed E-state index contributed by atoms with van der Waals surface area (Å²) in [5.41, 5.74) is 1.07. The van der Waals surface area contributed by atoms with Crippen LogP contribution in [-0.4, -0.2) is 25.7 Å². The van der Waals surface area contributed by atoms with Gasteiger partial charge in [-0.3, -0.25) is 10.1 Å². The minimum atomic E-state index is 0.308. The number of anilines is 2. The number of rotatable bonds is 9. The molecule has 1 N–H and O–H groups in total. The number of thiazole rings is 1. The largest absolute Gasteiger partial charge is 0.300 e. The number of hydrogen-bond acceptors (Lipinski definition) is 8. The van der Waals surface area contributed by atoms with Gasteiger partial charge in [-0.2, -0.15) is 9.97 Å². The van der Waals surface area contributed by atoms with Crippen LogP contribution in [0.25, 0.3) is 0 Å². The molecule has 3 aromatic rings. The van der Waals surface area contributed by atoms with Crippen LogP contribution in [0.5, 0.6) is 0 Å². The Bertz CT molecular complexity index is 1060. The van der Waals surface area contributed by atoms with Crippen molar-refractivity contribution < 1.29 is 4.79 Å². The third-order valence-electron chi connectivity index (χ3n) is 5.24. The Balaban J connectivity index is 1.31. The maximum absolute atomic E-state index is 12.0. The van der Waals surface area contributed by atoms with Crippen LogP contribution < -0.4 is 5.32 Å². The molecule has 0 radical (unpaired) electrons. The lowest BCUT2D eigenvalue weighted by Crippen LogP contribution is -2.04. The summed E-state index contributed by atoms with van der Waals surface area (Å²) in [5, 5.41) is 4.74. The van der Waals surface area contributed by atoms with Gasteiger partial charge in [-0.1, -0.05) is 19.1 Å². The first kappa shape index (κ1) is 19.6. The van der Waals surface area contributed by atoms with Crippen molar-refractivity contribution in [2.24, 2.45) is 5.92 Å². The zero-order valence-electron chi connectivity index (χ0n) is 16.8. The van der Waals surface area contributed by atoms with Gasteiger partial charge in [0.25, 0.3) is 0 Å². The van der Waals surface area contributed by atoms with Gasteiger partial charge in [-0.25, -0.2) is 9.97 Å². The van der Waals surface area contributed by atoms with Gasteiger partial charge in [0.2, 0.25) is 5.95 Å². The Morgan fingerprint density at radius 1 is 1.13 bits per heavy atom. The normalized spacial score (nSPS) is 15.9.